The van der Waals surface area contributed by atoms with Crippen molar-refractivity contribution in [3.05, 3.63) is 35.4 Å². The zero-order valence-electron chi connectivity index (χ0n) is 13.6. The zero-order valence-corrected chi connectivity index (χ0v) is 13.6. The Morgan fingerprint density at radius 2 is 1.46 bits per heavy atom. The molecule has 1 nitrogen and oxygen atoms in total. The van der Waals surface area contributed by atoms with Crippen LogP contribution in [0.15, 0.2) is 24.3 Å². The first-order valence-corrected chi connectivity index (χ1v) is 7.16. The molecule has 0 amide bonds. The zero-order chi connectivity index (χ0) is 19.0. The van der Waals surface area contributed by atoms with Gasteiger partial charge in [0.05, 0.1) is 12.0 Å². The largest absolute Gasteiger partial charge is 0.459 e. The highest BCUT2D eigenvalue weighted by molar-refractivity contribution is 5.35. The molecule has 0 fully saturated rings. The predicted octanol–water partition coefficient (Wildman–Crippen LogP) is 5.89. The van der Waals surface area contributed by atoms with E-state index in [1.54, 1.807) is 26.0 Å². The molecule has 0 bridgehead atoms. The third-order valence-electron chi connectivity index (χ3n) is 3.98. The predicted molar refractivity (Wildman–Crippen MR) is 75.5 cm³/mol. The number of methoxy groups -OCH3 is 1. The molecule has 0 heterocycles. The van der Waals surface area contributed by atoms with E-state index < -0.39 is 30.0 Å². The van der Waals surface area contributed by atoms with Gasteiger partial charge in [-0.2, -0.15) is 30.7 Å². The second kappa shape index (κ2) is 6.54. The Hall–Kier alpha value is -1.31. The molecule has 1 rings (SSSR count). The van der Waals surface area contributed by atoms with Crippen LogP contribution in [0.4, 0.5) is 30.7 Å². The van der Waals surface area contributed by atoms with E-state index in [1.165, 1.54) is 12.1 Å². The van der Waals surface area contributed by atoms with Crippen LogP contribution in [0.3, 0.4) is 0 Å². The van der Waals surface area contributed by atoms with E-state index in [0.29, 0.717) is 5.56 Å². The minimum atomic E-state index is -6.36. The Balaban J connectivity index is 3.37. The van der Waals surface area contributed by atoms with Gasteiger partial charge < -0.3 is 4.74 Å². The van der Waals surface area contributed by atoms with Gasteiger partial charge in [-0.1, -0.05) is 38.1 Å². The van der Waals surface area contributed by atoms with Crippen molar-refractivity contribution in [3.8, 4) is 0 Å². The summed E-state index contributed by atoms with van der Waals surface area (Å²) in [6.07, 6.45) is -8.17. The summed E-state index contributed by atoms with van der Waals surface area (Å²) < 4.78 is 96.2. The quantitative estimate of drug-likeness (QED) is 0.575. The van der Waals surface area contributed by atoms with Gasteiger partial charge in [0.25, 0.3) is 0 Å². The summed E-state index contributed by atoms with van der Waals surface area (Å²) in [5, 5.41) is 0. The third kappa shape index (κ3) is 3.68. The van der Waals surface area contributed by atoms with Gasteiger partial charge >= 0.3 is 18.0 Å². The number of hydrogen-bond acceptors (Lipinski definition) is 1. The minimum Gasteiger partial charge on any atom is -0.374 e. The first kappa shape index (κ1) is 20.7. The molecule has 0 spiro atoms. The van der Waals surface area contributed by atoms with Crippen molar-refractivity contribution >= 4 is 0 Å². The van der Waals surface area contributed by atoms with Gasteiger partial charge in [-0.3, -0.25) is 0 Å². The molecular weight excluding hydrogens is 341 g/mol. The van der Waals surface area contributed by atoms with E-state index in [-0.39, 0.29) is 11.5 Å². The van der Waals surface area contributed by atoms with Crippen molar-refractivity contribution in [2.45, 2.75) is 56.7 Å². The highest BCUT2D eigenvalue weighted by Crippen LogP contribution is 2.52. The lowest BCUT2D eigenvalue weighted by molar-refractivity contribution is -0.362. The molecule has 1 aromatic rings. The maximum absolute atomic E-state index is 13.8. The highest BCUT2D eigenvalue weighted by atomic mass is 19.4. The number of rotatable bonds is 6. The van der Waals surface area contributed by atoms with Crippen molar-refractivity contribution in [2.75, 3.05) is 7.11 Å². The van der Waals surface area contributed by atoms with Crippen molar-refractivity contribution in [3.63, 3.8) is 0 Å². The van der Waals surface area contributed by atoms with Gasteiger partial charge in [0.1, 0.15) is 0 Å². The number of alkyl halides is 7. The summed E-state index contributed by atoms with van der Waals surface area (Å²) in [4.78, 5) is 0. The average Bonchev–Trinajstić information content (AvgIpc) is 2.45. The summed E-state index contributed by atoms with van der Waals surface area (Å²) in [5.74, 6) is -11.7. The van der Waals surface area contributed by atoms with Gasteiger partial charge in [0.2, 0.25) is 0 Å². The van der Waals surface area contributed by atoms with Crippen molar-refractivity contribution in [1.29, 1.82) is 0 Å². The van der Waals surface area contributed by atoms with E-state index in [4.69, 9.17) is 4.74 Å². The van der Waals surface area contributed by atoms with Crippen LogP contribution in [-0.2, 0) is 10.3 Å². The highest BCUT2D eigenvalue weighted by Gasteiger charge is 2.73. The van der Waals surface area contributed by atoms with Crippen molar-refractivity contribution < 1.29 is 35.5 Å². The molecule has 0 aliphatic rings. The van der Waals surface area contributed by atoms with E-state index in [9.17, 15) is 30.7 Å². The van der Waals surface area contributed by atoms with Crippen LogP contribution >= 0.6 is 0 Å². The van der Waals surface area contributed by atoms with Crippen LogP contribution in [0.25, 0.3) is 0 Å². The van der Waals surface area contributed by atoms with Crippen LogP contribution in [0.2, 0.25) is 0 Å². The maximum Gasteiger partial charge on any atom is 0.459 e. The lowest BCUT2D eigenvalue weighted by atomic mass is 9.82. The lowest BCUT2D eigenvalue weighted by Crippen LogP contribution is -2.54. The minimum absolute atomic E-state index is 0.153. The molecule has 8 heteroatoms. The molecule has 0 aliphatic heterocycles. The smallest absolute Gasteiger partial charge is 0.374 e. The van der Waals surface area contributed by atoms with Crippen LogP contribution in [0.5, 0.6) is 0 Å². The molecule has 0 saturated heterocycles. The molecule has 0 saturated carbocycles. The fourth-order valence-electron chi connectivity index (χ4n) is 2.50. The molecule has 138 valence electrons. The fraction of sp³-hybridized carbons (Fsp3) is 0.625. The van der Waals surface area contributed by atoms with Crippen LogP contribution in [-0.4, -0.2) is 25.1 Å². The summed E-state index contributed by atoms with van der Waals surface area (Å²) in [7, 11) is 0.999. The van der Waals surface area contributed by atoms with Crippen LogP contribution < -0.4 is 0 Å². The van der Waals surface area contributed by atoms with E-state index in [2.05, 4.69) is 0 Å². The van der Waals surface area contributed by atoms with E-state index in [1.807, 2.05) is 0 Å². The second-order valence-corrected chi connectivity index (χ2v) is 6.13. The van der Waals surface area contributed by atoms with Gasteiger partial charge in [-0.05, 0) is 24.0 Å². The Morgan fingerprint density at radius 1 is 0.958 bits per heavy atom. The van der Waals surface area contributed by atoms with Gasteiger partial charge in [-0.25, -0.2) is 0 Å². The maximum atomic E-state index is 13.8. The summed E-state index contributed by atoms with van der Waals surface area (Å²) in [5.41, 5.74) is -1.33. The Labute approximate surface area is 135 Å². The summed E-state index contributed by atoms with van der Waals surface area (Å²) in [6, 6.07) is 6.09. The first-order valence-electron chi connectivity index (χ1n) is 7.16. The monoisotopic (exact) mass is 360 g/mol. The number of benzene rings is 1. The molecule has 0 aromatic heterocycles. The SMILES string of the molecule is COC(C)(CC(F)(F)C(F)(F)C(F)(F)F)c1ccccc1C(C)C. The molecule has 24 heavy (non-hydrogen) atoms. The normalized spacial score (nSPS) is 16.3. The lowest BCUT2D eigenvalue weighted by Gasteiger charge is -2.37. The molecule has 0 aliphatic carbocycles. The number of ether oxygens (including phenoxy) is 1. The average molecular weight is 360 g/mol. The number of hydrogen-bond donors (Lipinski definition) is 0. The third-order valence-corrected chi connectivity index (χ3v) is 3.98. The van der Waals surface area contributed by atoms with E-state index in [0.717, 1.165) is 14.0 Å². The fourth-order valence-corrected chi connectivity index (χ4v) is 2.50. The standard InChI is InChI=1S/C16H19F7O/c1-10(2)11-7-5-6-8-12(11)13(3,24-4)9-14(17,18)15(19,20)16(21,22)23/h5-8,10H,9H2,1-4H3. The number of halogens is 7. The van der Waals surface area contributed by atoms with E-state index >= 15 is 0 Å². The summed E-state index contributed by atoms with van der Waals surface area (Å²) in [6.45, 7) is 4.57. The molecule has 0 radical (unpaired) electrons. The Bertz CT molecular complexity index is 566. The summed E-state index contributed by atoms with van der Waals surface area (Å²) >= 11 is 0. The molecule has 0 N–H and O–H groups in total. The molecular formula is C16H19F7O. The van der Waals surface area contributed by atoms with Gasteiger partial charge in [0, 0.05) is 7.11 Å². The van der Waals surface area contributed by atoms with Gasteiger partial charge in [0.15, 0.2) is 0 Å². The van der Waals surface area contributed by atoms with Gasteiger partial charge in [-0.15, -0.1) is 0 Å². The van der Waals surface area contributed by atoms with Crippen LogP contribution in [0, 0.1) is 0 Å². The molecule has 1 unspecified atom stereocenters. The van der Waals surface area contributed by atoms with Crippen molar-refractivity contribution in [1.82, 2.24) is 0 Å². The first-order chi connectivity index (χ1) is 10.7. The second-order valence-electron chi connectivity index (χ2n) is 6.13. The molecule has 1 atom stereocenters. The molecule has 1 aromatic carbocycles. The Morgan fingerprint density at radius 3 is 1.88 bits per heavy atom. The Kier molecular flexibility index (Phi) is 5.65. The van der Waals surface area contributed by atoms with Crippen LogP contribution in [0.1, 0.15) is 44.2 Å². The topological polar surface area (TPSA) is 9.23 Å². The van der Waals surface area contributed by atoms with Crippen molar-refractivity contribution in [2.24, 2.45) is 0 Å².